The molecule has 23 heavy (non-hydrogen) atoms. The molecule has 118 valence electrons. The fourth-order valence-corrected chi connectivity index (χ4v) is 3.48. The molecule has 0 saturated heterocycles. The van der Waals surface area contributed by atoms with E-state index in [2.05, 4.69) is 33.4 Å². The Bertz CT molecular complexity index is 737. The minimum atomic E-state index is -0.172. The van der Waals surface area contributed by atoms with Crippen molar-refractivity contribution in [1.82, 2.24) is 5.32 Å². The van der Waals surface area contributed by atoms with Crippen molar-refractivity contribution in [2.45, 2.75) is 24.8 Å². The van der Waals surface area contributed by atoms with Gasteiger partial charge in [0.2, 0.25) is 5.91 Å². The zero-order valence-electron chi connectivity index (χ0n) is 12.7. The fraction of sp³-hybridized carbons (Fsp3) is 0.316. The molecule has 1 atom stereocenters. The van der Waals surface area contributed by atoms with E-state index in [0.29, 0.717) is 6.61 Å². The van der Waals surface area contributed by atoms with Gasteiger partial charge in [0.15, 0.2) is 0 Å². The Morgan fingerprint density at radius 3 is 2.61 bits per heavy atom. The number of carbonyl (C=O) groups is 1. The predicted octanol–water partition coefficient (Wildman–Crippen LogP) is 3.81. The Labute approximate surface area is 144 Å². The number of halogens is 1. The van der Waals surface area contributed by atoms with E-state index < -0.39 is 0 Å². The second kappa shape index (κ2) is 5.68. The van der Waals surface area contributed by atoms with Gasteiger partial charge in [-0.05, 0) is 48.6 Å². The molecule has 2 aromatic rings. The number of carbonyl (C=O) groups excluding carboxylic acids is 1. The van der Waals surface area contributed by atoms with Gasteiger partial charge in [-0.3, -0.25) is 4.79 Å². The lowest BCUT2D eigenvalue weighted by Crippen LogP contribution is -2.42. The first-order valence-corrected chi connectivity index (χ1v) is 8.74. The topological polar surface area (TPSA) is 38.3 Å². The molecule has 1 N–H and O–H groups in total. The molecule has 0 bridgehead atoms. The summed E-state index contributed by atoms with van der Waals surface area (Å²) >= 11 is 3.46. The van der Waals surface area contributed by atoms with Gasteiger partial charge in [-0.25, -0.2) is 0 Å². The van der Waals surface area contributed by atoms with Crippen LogP contribution in [0.1, 0.15) is 24.0 Å². The Kier molecular flexibility index (Phi) is 3.64. The average Bonchev–Trinajstić information content (AvgIpc) is 3.35. The van der Waals surface area contributed by atoms with Crippen molar-refractivity contribution in [2.24, 2.45) is 5.92 Å². The summed E-state index contributed by atoms with van der Waals surface area (Å²) in [4.78, 5) is 12.7. The van der Waals surface area contributed by atoms with Crippen LogP contribution in [0.2, 0.25) is 0 Å². The van der Waals surface area contributed by atoms with Crippen molar-refractivity contribution in [1.29, 1.82) is 0 Å². The lowest BCUT2D eigenvalue weighted by Gasteiger charge is -2.27. The molecule has 0 radical (unpaired) electrons. The molecule has 4 rings (SSSR count). The summed E-state index contributed by atoms with van der Waals surface area (Å²) in [5.74, 6) is 0.892. The molecular formula is C19H18BrNO2. The lowest BCUT2D eigenvalue weighted by molar-refractivity contribution is -0.127. The molecule has 4 heteroatoms. The van der Waals surface area contributed by atoms with E-state index >= 15 is 0 Å². The zero-order valence-corrected chi connectivity index (χ0v) is 14.3. The molecule has 1 unspecified atom stereocenters. The Hall–Kier alpha value is -1.81. The summed E-state index contributed by atoms with van der Waals surface area (Å²) in [7, 11) is 0. The minimum Gasteiger partial charge on any atom is -0.492 e. The van der Waals surface area contributed by atoms with Gasteiger partial charge in [0, 0.05) is 4.47 Å². The van der Waals surface area contributed by atoms with Gasteiger partial charge < -0.3 is 10.1 Å². The molecule has 1 saturated carbocycles. The van der Waals surface area contributed by atoms with E-state index in [1.807, 2.05) is 36.4 Å². The molecule has 1 fully saturated rings. The van der Waals surface area contributed by atoms with E-state index in [4.69, 9.17) is 4.74 Å². The summed E-state index contributed by atoms with van der Waals surface area (Å²) in [6, 6.07) is 16.2. The highest BCUT2D eigenvalue weighted by Crippen LogP contribution is 2.46. The van der Waals surface area contributed by atoms with Gasteiger partial charge in [0.05, 0.1) is 11.5 Å². The third kappa shape index (κ3) is 2.88. The first kappa shape index (κ1) is 14.8. The van der Waals surface area contributed by atoms with Crippen molar-refractivity contribution in [3.63, 3.8) is 0 Å². The molecule has 3 nitrogen and oxygen atoms in total. The van der Waals surface area contributed by atoms with E-state index in [1.54, 1.807) is 0 Å². The summed E-state index contributed by atoms with van der Waals surface area (Å²) < 4.78 is 6.80. The average molecular weight is 372 g/mol. The number of hydrogen-bond acceptors (Lipinski definition) is 2. The van der Waals surface area contributed by atoms with E-state index in [1.165, 1.54) is 5.56 Å². The smallest absolute Gasteiger partial charge is 0.227 e. The Morgan fingerprint density at radius 2 is 1.87 bits per heavy atom. The van der Waals surface area contributed by atoms with Crippen LogP contribution >= 0.6 is 15.9 Å². The third-order valence-corrected chi connectivity index (χ3v) is 5.29. The SMILES string of the molecule is O=C(NC1(c2ccc(Br)cc2)CC1)C1COc2ccccc2C1. The summed E-state index contributed by atoms with van der Waals surface area (Å²) in [6.07, 6.45) is 2.76. The van der Waals surface area contributed by atoms with Crippen LogP contribution in [0, 0.1) is 5.92 Å². The number of fused-ring (bicyclic) bond motifs is 1. The van der Waals surface area contributed by atoms with Crippen LogP contribution in [0.4, 0.5) is 0 Å². The maximum atomic E-state index is 12.7. The normalized spacial score (nSPS) is 21.0. The molecule has 0 spiro atoms. The van der Waals surface area contributed by atoms with E-state index in [0.717, 1.165) is 35.0 Å². The highest BCUT2D eigenvalue weighted by Gasteiger charge is 2.46. The maximum Gasteiger partial charge on any atom is 0.227 e. The van der Waals surface area contributed by atoms with Crippen molar-refractivity contribution >= 4 is 21.8 Å². The summed E-state index contributed by atoms with van der Waals surface area (Å²) in [5, 5.41) is 3.27. The van der Waals surface area contributed by atoms with Crippen molar-refractivity contribution < 1.29 is 9.53 Å². The minimum absolute atomic E-state index is 0.0971. The lowest BCUT2D eigenvalue weighted by atomic mass is 9.95. The molecular weight excluding hydrogens is 354 g/mol. The maximum absolute atomic E-state index is 12.7. The van der Waals surface area contributed by atoms with Crippen molar-refractivity contribution in [3.05, 3.63) is 64.1 Å². The van der Waals surface area contributed by atoms with Crippen LogP contribution in [0.5, 0.6) is 5.75 Å². The Morgan fingerprint density at radius 1 is 1.13 bits per heavy atom. The second-order valence-electron chi connectivity index (χ2n) is 6.40. The van der Waals surface area contributed by atoms with E-state index in [9.17, 15) is 4.79 Å². The fourth-order valence-electron chi connectivity index (χ4n) is 3.21. The van der Waals surface area contributed by atoms with Gasteiger partial charge >= 0.3 is 0 Å². The van der Waals surface area contributed by atoms with Crippen LogP contribution in [0.3, 0.4) is 0 Å². The zero-order chi connectivity index (χ0) is 15.9. The van der Waals surface area contributed by atoms with Gasteiger partial charge in [-0.15, -0.1) is 0 Å². The molecule has 1 heterocycles. The third-order valence-electron chi connectivity index (χ3n) is 4.76. The number of hydrogen-bond donors (Lipinski definition) is 1. The summed E-state index contributed by atoms with van der Waals surface area (Å²) in [6.45, 7) is 0.458. The number of nitrogens with one attached hydrogen (secondary N) is 1. The highest BCUT2D eigenvalue weighted by molar-refractivity contribution is 9.10. The van der Waals surface area contributed by atoms with Gasteiger partial charge in [0.25, 0.3) is 0 Å². The van der Waals surface area contributed by atoms with Crippen molar-refractivity contribution in [3.8, 4) is 5.75 Å². The second-order valence-corrected chi connectivity index (χ2v) is 7.31. The first-order valence-electron chi connectivity index (χ1n) is 7.95. The highest BCUT2D eigenvalue weighted by atomic mass is 79.9. The molecule has 1 aliphatic heterocycles. The molecule has 1 aliphatic carbocycles. The molecule has 0 aromatic heterocycles. The standard InChI is InChI=1S/C19H18BrNO2/c20-16-7-5-15(6-8-16)19(9-10-19)21-18(22)14-11-13-3-1-2-4-17(13)23-12-14/h1-8,14H,9-12H2,(H,21,22). The van der Waals surface area contributed by atoms with Crippen LogP contribution in [-0.2, 0) is 16.8 Å². The van der Waals surface area contributed by atoms with E-state index in [-0.39, 0.29) is 17.4 Å². The monoisotopic (exact) mass is 371 g/mol. The first-order chi connectivity index (χ1) is 11.2. The van der Waals surface area contributed by atoms with Crippen LogP contribution < -0.4 is 10.1 Å². The molecule has 1 amide bonds. The predicted molar refractivity (Wildman–Crippen MR) is 92.3 cm³/mol. The molecule has 2 aromatic carbocycles. The largest absolute Gasteiger partial charge is 0.492 e. The number of rotatable bonds is 3. The number of ether oxygens (including phenoxy) is 1. The quantitative estimate of drug-likeness (QED) is 0.890. The number of amides is 1. The van der Waals surface area contributed by atoms with Gasteiger partial charge in [-0.2, -0.15) is 0 Å². The number of para-hydroxylation sites is 1. The van der Waals surface area contributed by atoms with Crippen LogP contribution in [0.25, 0.3) is 0 Å². The van der Waals surface area contributed by atoms with Crippen LogP contribution in [-0.4, -0.2) is 12.5 Å². The Balaban J connectivity index is 1.47. The van der Waals surface area contributed by atoms with Gasteiger partial charge in [0.1, 0.15) is 12.4 Å². The molecule has 2 aliphatic rings. The van der Waals surface area contributed by atoms with Gasteiger partial charge in [-0.1, -0.05) is 46.3 Å². The summed E-state index contributed by atoms with van der Waals surface area (Å²) in [5.41, 5.74) is 2.13. The van der Waals surface area contributed by atoms with Crippen molar-refractivity contribution in [2.75, 3.05) is 6.61 Å². The van der Waals surface area contributed by atoms with Crippen LogP contribution in [0.15, 0.2) is 53.0 Å². The number of benzene rings is 2.